The van der Waals surface area contributed by atoms with Crippen LogP contribution < -0.4 is 0 Å². The summed E-state index contributed by atoms with van der Waals surface area (Å²) in [5.41, 5.74) is -0.0400. The predicted molar refractivity (Wildman–Crippen MR) is 59.3 cm³/mol. The minimum atomic E-state index is -0.484. The van der Waals surface area contributed by atoms with Gasteiger partial charge in [0.1, 0.15) is 5.75 Å². The van der Waals surface area contributed by atoms with Gasteiger partial charge in [-0.2, -0.15) is 0 Å². The number of nitro benzene ring substituents is 1. The lowest BCUT2D eigenvalue weighted by molar-refractivity contribution is -0.385. The number of hydrogen-bond donors (Lipinski definition) is 2. The van der Waals surface area contributed by atoms with E-state index in [9.17, 15) is 15.2 Å². The highest BCUT2D eigenvalue weighted by Gasteiger charge is 2.23. The summed E-state index contributed by atoms with van der Waals surface area (Å²) >= 11 is 0. The average Bonchev–Trinajstić information content (AvgIpc) is 2.16. The molecule has 0 bridgehead atoms. The predicted octanol–water partition coefficient (Wildman–Crippen LogP) is 1.86. The Morgan fingerprint density at radius 2 is 2.06 bits per heavy atom. The normalized spacial score (nSPS) is 11.4. The number of phenolic OH excluding ortho intramolecular Hbond substituents is 1. The van der Waals surface area contributed by atoms with E-state index in [2.05, 4.69) is 0 Å². The van der Waals surface area contributed by atoms with Crippen molar-refractivity contribution in [2.75, 3.05) is 6.61 Å². The second kappa shape index (κ2) is 4.49. The molecule has 0 saturated heterocycles. The number of hydrogen-bond acceptors (Lipinski definition) is 4. The van der Waals surface area contributed by atoms with Crippen LogP contribution in [0.15, 0.2) is 18.2 Å². The van der Waals surface area contributed by atoms with Crippen LogP contribution in [0.5, 0.6) is 5.75 Å². The highest BCUT2D eigenvalue weighted by Crippen LogP contribution is 2.29. The summed E-state index contributed by atoms with van der Waals surface area (Å²) < 4.78 is 0. The summed E-state index contributed by atoms with van der Waals surface area (Å²) in [5.74, 6) is -0.00524. The second-order valence-electron chi connectivity index (χ2n) is 4.57. The molecule has 1 rings (SSSR count). The lowest BCUT2D eigenvalue weighted by Crippen LogP contribution is -2.20. The lowest BCUT2D eigenvalue weighted by atomic mass is 9.86. The molecule has 5 nitrogen and oxygen atoms in total. The number of nitro groups is 1. The van der Waals surface area contributed by atoms with E-state index in [4.69, 9.17) is 5.11 Å². The van der Waals surface area contributed by atoms with Crippen LogP contribution in [0.4, 0.5) is 5.69 Å². The van der Waals surface area contributed by atoms with Crippen LogP contribution in [0.25, 0.3) is 0 Å². The summed E-state index contributed by atoms with van der Waals surface area (Å²) in [6.07, 6.45) is 0.341. The van der Waals surface area contributed by atoms with Gasteiger partial charge >= 0.3 is 0 Å². The first kappa shape index (κ1) is 12.4. The number of nitrogens with zero attached hydrogens (tertiary/aromatic N) is 1. The van der Waals surface area contributed by atoms with Crippen molar-refractivity contribution in [2.24, 2.45) is 5.41 Å². The summed E-state index contributed by atoms with van der Waals surface area (Å²) in [6.45, 7) is 3.54. The maximum atomic E-state index is 10.8. The standard InChI is InChI=1S/C11H15NO4/c1-11(2,7-13)6-8-5-9(14)3-4-10(8)12(15)16/h3-5,13-14H,6-7H2,1-2H3. The smallest absolute Gasteiger partial charge is 0.272 e. The molecule has 0 aliphatic heterocycles. The van der Waals surface area contributed by atoms with Crippen LogP contribution in [0.2, 0.25) is 0 Å². The van der Waals surface area contributed by atoms with Crippen molar-refractivity contribution < 1.29 is 15.1 Å². The number of aliphatic hydroxyl groups excluding tert-OH is 1. The van der Waals surface area contributed by atoms with Gasteiger partial charge in [0.2, 0.25) is 0 Å². The monoisotopic (exact) mass is 225 g/mol. The molecular formula is C11H15NO4. The Kier molecular flexibility index (Phi) is 3.49. The van der Waals surface area contributed by atoms with Gasteiger partial charge in [0.25, 0.3) is 5.69 Å². The Morgan fingerprint density at radius 1 is 1.44 bits per heavy atom. The van der Waals surface area contributed by atoms with Gasteiger partial charge in [0.05, 0.1) is 4.92 Å². The van der Waals surface area contributed by atoms with Crippen molar-refractivity contribution in [2.45, 2.75) is 20.3 Å². The van der Waals surface area contributed by atoms with Crippen LogP contribution in [-0.4, -0.2) is 21.7 Å². The van der Waals surface area contributed by atoms with E-state index in [1.165, 1.54) is 18.2 Å². The zero-order valence-corrected chi connectivity index (χ0v) is 9.30. The molecule has 0 aliphatic rings. The fourth-order valence-corrected chi connectivity index (χ4v) is 1.46. The first-order chi connectivity index (χ1) is 7.35. The van der Waals surface area contributed by atoms with E-state index in [1.54, 1.807) is 13.8 Å². The third-order valence-electron chi connectivity index (χ3n) is 2.36. The number of benzene rings is 1. The minimum absolute atomic E-state index is 0.00524. The van der Waals surface area contributed by atoms with Gasteiger partial charge in [-0.05, 0) is 24.0 Å². The van der Waals surface area contributed by atoms with Crippen molar-refractivity contribution in [1.29, 1.82) is 0 Å². The van der Waals surface area contributed by atoms with E-state index in [0.717, 1.165) is 0 Å². The lowest BCUT2D eigenvalue weighted by Gasteiger charge is -2.21. The third-order valence-corrected chi connectivity index (χ3v) is 2.36. The molecule has 16 heavy (non-hydrogen) atoms. The maximum absolute atomic E-state index is 10.8. The zero-order chi connectivity index (χ0) is 12.3. The molecule has 0 amide bonds. The molecule has 0 radical (unpaired) electrons. The van der Waals surface area contributed by atoms with Gasteiger partial charge in [0.15, 0.2) is 0 Å². The van der Waals surface area contributed by atoms with Crippen LogP contribution in [0.1, 0.15) is 19.4 Å². The maximum Gasteiger partial charge on any atom is 0.272 e. The number of aliphatic hydroxyl groups is 1. The minimum Gasteiger partial charge on any atom is -0.508 e. The largest absolute Gasteiger partial charge is 0.508 e. The highest BCUT2D eigenvalue weighted by molar-refractivity contribution is 5.45. The first-order valence-corrected chi connectivity index (χ1v) is 4.93. The molecule has 0 spiro atoms. The molecule has 88 valence electrons. The summed E-state index contributed by atoms with van der Waals surface area (Å²) in [7, 11) is 0. The number of phenols is 1. The van der Waals surface area contributed by atoms with Crippen molar-refractivity contribution in [1.82, 2.24) is 0 Å². The molecule has 0 fully saturated rings. The van der Waals surface area contributed by atoms with Gasteiger partial charge in [-0.3, -0.25) is 10.1 Å². The van der Waals surface area contributed by atoms with Crippen LogP contribution in [0.3, 0.4) is 0 Å². The Balaban J connectivity index is 3.10. The summed E-state index contributed by atoms with van der Waals surface area (Å²) in [4.78, 5) is 10.3. The molecule has 0 aromatic heterocycles. The molecule has 0 unspecified atom stereocenters. The quantitative estimate of drug-likeness (QED) is 0.605. The van der Waals surface area contributed by atoms with E-state index >= 15 is 0 Å². The fraction of sp³-hybridized carbons (Fsp3) is 0.455. The fourth-order valence-electron chi connectivity index (χ4n) is 1.46. The van der Waals surface area contributed by atoms with Gasteiger partial charge in [-0.1, -0.05) is 13.8 Å². The van der Waals surface area contributed by atoms with Gasteiger partial charge in [0, 0.05) is 18.2 Å². The molecule has 2 N–H and O–H groups in total. The van der Waals surface area contributed by atoms with E-state index in [-0.39, 0.29) is 18.0 Å². The van der Waals surface area contributed by atoms with Crippen LogP contribution >= 0.6 is 0 Å². The van der Waals surface area contributed by atoms with Crippen molar-refractivity contribution in [3.05, 3.63) is 33.9 Å². The second-order valence-corrected chi connectivity index (χ2v) is 4.57. The third kappa shape index (κ3) is 2.93. The Morgan fingerprint density at radius 3 is 2.56 bits per heavy atom. The molecule has 1 aromatic carbocycles. The Labute approximate surface area is 93.5 Å². The molecule has 1 aromatic rings. The molecule has 5 heteroatoms. The van der Waals surface area contributed by atoms with Crippen LogP contribution in [0, 0.1) is 15.5 Å². The van der Waals surface area contributed by atoms with Gasteiger partial charge in [-0.15, -0.1) is 0 Å². The van der Waals surface area contributed by atoms with Crippen molar-refractivity contribution in [3.8, 4) is 5.75 Å². The topological polar surface area (TPSA) is 83.6 Å². The van der Waals surface area contributed by atoms with E-state index in [0.29, 0.717) is 12.0 Å². The first-order valence-electron chi connectivity index (χ1n) is 4.93. The van der Waals surface area contributed by atoms with E-state index in [1.807, 2.05) is 0 Å². The van der Waals surface area contributed by atoms with Gasteiger partial charge in [-0.25, -0.2) is 0 Å². The Bertz CT molecular complexity index is 401. The summed E-state index contributed by atoms with van der Waals surface area (Å²) in [5, 5.41) is 29.2. The molecule has 0 heterocycles. The summed E-state index contributed by atoms with van der Waals surface area (Å²) in [6, 6.07) is 3.93. The van der Waals surface area contributed by atoms with Crippen molar-refractivity contribution >= 4 is 5.69 Å². The van der Waals surface area contributed by atoms with Gasteiger partial charge < -0.3 is 10.2 Å². The molecular weight excluding hydrogens is 210 g/mol. The molecule has 0 saturated carbocycles. The van der Waals surface area contributed by atoms with Crippen molar-refractivity contribution in [3.63, 3.8) is 0 Å². The highest BCUT2D eigenvalue weighted by atomic mass is 16.6. The Hall–Kier alpha value is -1.62. The number of aromatic hydroxyl groups is 1. The zero-order valence-electron chi connectivity index (χ0n) is 9.30. The van der Waals surface area contributed by atoms with E-state index < -0.39 is 10.3 Å². The molecule has 0 atom stereocenters. The van der Waals surface area contributed by atoms with Crippen LogP contribution in [-0.2, 0) is 6.42 Å². The number of rotatable bonds is 4. The molecule has 0 aliphatic carbocycles. The average molecular weight is 225 g/mol. The SMILES string of the molecule is CC(C)(CO)Cc1cc(O)ccc1[N+](=O)[O-].